The highest BCUT2D eigenvalue weighted by atomic mass is 16.8. The molecule has 0 aromatic heterocycles. The van der Waals surface area contributed by atoms with Crippen molar-refractivity contribution in [3.63, 3.8) is 0 Å². The number of aliphatic hydroxyl groups is 7. The van der Waals surface area contributed by atoms with Crippen molar-refractivity contribution in [1.82, 2.24) is 0 Å². The summed E-state index contributed by atoms with van der Waals surface area (Å²) in [5.41, 5.74) is 0.462. The first-order valence-electron chi connectivity index (χ1n) is 10.9. The van der Waals surface area contributed by atoms with Gasteiger partial charge in [0, 0.05) is 6.08 Å². The summed E-state index contributed by atoms with van der Waals surface area (Å²) in [6.07, 6.45) is -14.3. The summed E-state index contributed by atoms with van der Waals surface area (Å²) in [7, 11) is 1.35. The third kappa shape index (κ3) is 6.12. The fourth-order valence-corrected chi connectivity index (χ4v) is 3.75. The van der Waals surface area contributed by atoms with E-state index in [2.05, 4.69) is 0 Å². The molecule has 0 bridgehead atoms. The zero-order chi connectivity index (χ0) is 26.6. The molecule has 14 nitrogen and oxygen atoms in total. The number of ether oxygens (including phenoxy) is 5. The summed E-state index contributed by atoms with van der Waals surface area (Å²) in [4.78, 5) is 12.5. The molecule has 10 atom stereocenters. The van der Waals surface area contributed by atoms with E-state index in [4.69, 9.17) is 23.7 Å². The lowest BCUT2D eigenvalue weighted by atomic mass is 9.97. The molecule has 1 aromatic carbocycles. The van der Waals surface area contributed by atoms with Crippen LogP contribution < -0.4 is 4.74 Å². The molecule has 202 valence electrons. The van der Waals surface area contributed by atoms with Crippen molar-refractivity contribution in [1.29, 1.82) is 0 Å². The lowest BCUT2D eigenvalue weighted by Crippen LogP contribution is -2.64. The van der Waals surface area contributed by atoms with Gasteiger partial charge in [-0.05, 0) is 23.8 Å². The molecule has 0 radical (unpaired) electrons. The minimum atomic E-state index is -1.84. The van der Waals surface area contributed by atoms with Crippen molar-refractivity contribution in [3.8, 4) is 11.5 Å². The average Bonchev–Trinajstić information content (AvgIpc) is 2.87. The average molecular weight is 518 g/mol. The maximum Gasteiger partial charge on any atom is 0.333 e. The number of hydrogen-bond donors (Lipinski definition) is 8. The second kappa shape index (κ2) is 12.2. The number of rotatable bonds is 8. The van der Waals surface area contributed by atoms with Crippen LogP contribution in [0.5, 0.6) is 11.5 Å². The van der Waals surface area contributed by atoms with Gasteiger partial charge in [0.05, 0.1) is 20.3 Å². The van der Waals surface area contributed by atoms with E-state index < -0.39 is 80.6 Å². The monoisotopic (exact) mass is 518 g/mol. The normalized spacial score (nSPS) is 37.1. The summed E-state index contributed by atoms with van der Waals surface area (Å²) < 4.78 is 26.3. The van der Waals surface area contributed by atoms with Crippen molar-refractivity contribution in [3.05, 3.63) is 29.8 Å². The Morgan fingerprint density at radius 1 is 0.917 bits per heavy atom. The Kier molecular flexibility index (Phi) is 9.59. The molecular formula is C22H30O14. The van der Waals surface area contributed by atoms with E-state index in [0.29, 0.717) is 5.56 Å². The van der Waals surface area contributed by atoms with Crippen LogP contribution in [-0.2, 0) is 23.7 Å². The zero-order valence-corrected chi connectivity index (χ0v) is 19.1. The predicted molar refractivity (Wildman–Crippen MR) is 116 cm³/mol. The van der Waals surface area contributed by atoms with Gasteiger partial charge in [-0.1, -0.05) is 6.07 Å². The summed E-state index contributed by atoms with van der Waals surface area (Å²) in [5.74, 6) is -0.935. The zero-order valence-electron chi connectivity index (χ0n) is 19.1. The third-order valence-corrected chi connectivity index (χ3v) is 5.81. The number of phenols is 1. The molecule has 2 fully saturated rings. The fourth-order valence-electron chi connectivity index (χ4n) is 3.75. The Bertz CT molecular complexity index is 907. The largest absolute Gasteiger partial charge is 0.504 e. The number of aromatic hydroxyl groups is 1. The number of methoxy groups -OCH3 is 1. The van der Waals surface area contributed by atoms with E-state index in [1.165, 1.54) is 31.4 Å². The van der Waals surface area contributed by atoms with Crippen LogP contribution in [-0.4, -0.2) is 129 Å². The highest BCUT2D eigenvalue weighted by Gasteiger charge is 2.51. The summed E-state index contributed by atoms with van der Waals surface area (Å²) in [6.45, 7) is -1.49. The van der Waals surface area contributed by atoms with E-state index in [1.807, 2.05) is 0 Å². The number of phenolic OH excluding ortho intramolecular Hbond substituents is 1. The molecule has 0 amide bonds. The maximum atomic E-state index is 12.5. The van der Waals surface area contributed by atoms with E-state index >= 15 is 0 Å². The van der Waals surface area contributed by atoms with Crippen molar-refractivity contribution >= 4 is 12.0 Å². The van der Waals surface area contributed by atoms with Gasteiger partial charge in [0.25, 0.3) is 0 Å². The van der Waals surface area contributed by atoms with Gasteiger partial charge in [-0.25, -0.2) is 4.79 Å². The number of carbonyl (C=O) groups excluding carboxylic acids is 1. The number of carbonyl (C=O) groups is 1. The quantitative estimate of drug-likeness (QED) is 0.124. The van der Waals surface area contributed by atoms with Gasteiger partial charge < -0.3 is 64.5 Å². The first-order chi connectivity index (χ1) is 17.1. The number of esters is 1. The number of hydrogen-bond acceptors (Lipinski definition) is 14. The van der Waals surface area contributed by atoms with E-state index in [0.717, 1.165) is 6.08 Å². The smallest absolute Gasteiger partial charge is 0.333 e. The summed E-state index contributed by atoms with van der Waals surface area (Å²) >= 11 is 0. The van der Waals surface area contributed by atoms with Crippen LogP contribution in [0.2, 0.25) is 0 Å². The maximum absolute atomic E-state index is 12.5. The van der Waals surface area contributed by atoms with Gasteiger partial charge in [0.2, 0.25) is 6.29 Å². The Balaban J connectivity index is 1.76. The lowest BCUT2D eigenvalue weighted by molar-refractivity contribution is -0.362. The molecule has 0 aliphatic carbocycles. The highest BCUT2D eigenvalue weighted by Crippen LogP contribution is 2.30. The molecule has 2 heterocycles. The van der Waals surface area contributed by atoms with Crippen molar-refractivity contribution in [2.24, 2.45) is 0 Å². The van der Waals surface area contributed by atoms with Crippen LogP contribution >= 0.6 is 0 Å². The Labute approximate surface area is 205 Å². The van der Waals surface area contributed by atoms with Crippen LogP contribution in [0.25, 0.3) is 6.08 Å². The van der Waals surface area contributed by atoms with E-state index in [-0.39, 0.29) is 11.5 Å². The standard InChI is InChI=1S/C22H30O14/c1-32-11-6-9(2-4-10(11)25)3-5-14(26)35-22-20(18(30)16(28)13(8-24)34-22)36-21-19(31)17(29)15(27)12(7-23)33-21/h2-6,12-13,15-25,27-31H,7-8H2,1H3/b5-3+/t12-,13-,15-,16-,17+,18+,19-,20-,21+,22+/m1/s1. The van der Waals surface area contributed by atoms with Gasteiger partial charge in [-0.3, -0.25) is 0 Å². The Morgan fingerprint density at radius 2 is 1.53 bits per heavy atom. The molecule has 2 aliphatic heterocycles. The topological polar surface area (TPSA) is 225 Å². The molecular weight excluding hydrogens is 488 g/mol. The second-order valence-corrected chi connectivity index (χ2v) is 8.21. The van der Waals surface area contributed by atoms with Gasteiger partial charge in [-0.2, -0.15) is 0 Å². The molecule has 14 heteroatoms. The van der Waals surface area contributed by atoms with Crippen molar-refractivity contribution in [2.45, 2.75) is 61.4 Å². The van der Waals surface area contributed by atoms with Crippen LogP contribution in [0.15, 0.2) is 24.3 Å². The van der Waals surface area contributed by atoms with Crippen LogP contribution in [0, 0.1) is 0 Å². The minimum Gasteiger partial charge on any atom is -0.504 e. The Hall–Kier alpha value is -2.37. The summed E-state index contributed by atoms with van der Waals surface area (Å²) in [5, 5.41) is 79.4. The predicted octanol–water partition coefficient (Wildman–Crippen LogP) is -3.42. The van der Waals surface area contributed by atoms with Crippen LogP contribution in [0.4, 0.5) is 0 Å². The molecule has 8 N–H and O–H groups in total. The first kappa shape index (κ1) is 28.2. The number of benzene rings is 1. The molecule has 3 rings (SSSR count). The van der Waals surface area contributed by atoms with Gasteiger partial charge in [0.15, 0.2) is 23.9 Å². The van der Waals surface area contributed by atoms with E-state index in [1.54, 1.807) is 0 Å². The minimum absolute atomic E-state index is 0.108. The molecule has 36 heavy (non-hydrogen) atoms. The van der Waals surface area contributed by atoms with Gasteiger partial charge >= 0.3 is 5.97 Å². The fraction of sp³-hybridized carbons (Fsp3) is 0.591. The molecule has 2 aliphatic rings. The second-order valence-electron chi connectivity index (χ2n) is 8.21. The van der Waals surface area contributed by atoms with Gasteiger partial charge in [0.1, 0.15) is 42.7 Å². The highest BCUT2D eigenvalue weighted by molar-refractivity contribution is 5.87. The molecule has 0 unspecified atom stereocenters. The molecule has 0 saturated carbocycles. The van der Waals surface area contributed by atoms with Gasteiger partial charge in [-0.15, -0.1) is 0 Å². The van der Waals surface area contributed by atoms with Crippen molar-refractivity contribution < 1.29 is 69.3 Å². The summed E-state index contributed by atoms with van der Waals surface area (Å²) in [6, 6.07) is 4.29. The lowest BCUT2D eigenvalue weighted by Gasteiger charge is -2.45. The van der Waals surface area contributed by atoms with Crippen molar-refractivity contribution in [2.75, 3.05) is 20.3 Å². The molecule has 1 aromatic rings. The molecule has 0 spiro atoms. The third-order valence-electron chi connectivity index (χ3n) is 5.81. The van der Waals surface area contributed by atoms with E-state index in [9.17, 15) is 45.6 Å². The molecule has 2 saturated heterocycles. The first-order valence-corrected chi connectivity index (χ1v) is 10.9. The Morgan fingerprint density at radius 3 is 2.14 bits per heavy atom. The SMILES string of the molecule is COc1cc(/C=C/C(=O)O[C@@H]2O[C@H](CO)[C@@H](O)[C@H](O)[C@H]2O[C@@H]2O[C@H](CO)[C@@H](O)[C@H](O)[C@H]2O)ccc1O. The van der Waals surface area contributed by atoms with Crippen LogP contribution in [0.1, 0.15) is 5.56 Å². The van der Waals surface area contributed by atoms with Crippen LogP contribution in [0.3, 0.4) is 0 Å². The number of aliphatic hydroxyl groups excluding tert-OH is 7.